The summed E-state index contributed by atoms with van der Waals surface area (Å²) in [4.78, 5) is 29.8. The molecular formula is C18H22N4O4S. The van der Waals surface area contributed by atoms with Crippen LogP contribution in [0.1, 0.15) is 35.8 Å². The molecule has 2 aromatic rings. The molecule has 1 aliphatic heterocycles. The lowest BCUT2D eigenvalue weighted by molar-refractivity contribution is -0.384. The predicted octanol–water partition coefficient (Wildman–Crippen LogP) is 3.54. The van der Waals surface area contributed by atoms with E-state index in [9.17, 15) is 14.9 Å². The molecule has 0 bridgehead atoms. The van der Waals surface area contributed by atoms with Crippen molar-refractivity contribution in [2.75, 3.05) is 25.5 Å². The van der Waals surface area contributed by atoms with E-state index < -0.39 is 10.8 Å². The molecule has 27 heavy (non-hydrogen) atoms. The summed E-state index contributed by atoms with van der Waals surface area (Å²) in [6.45, 7) is 5.14. The number of benzene rings is 1. The van der Waals surface area contributed by atoms with Crippen molar-refractivity contribution in [1.29, 1.82) is 0 Å². The summed E-state index contributed by atoms with van der Waals surface area (Å²) in [6, 6.07) is 3.92. The number of thiazole rings is 1. The molecule has 144 valence electrons. The number of carbonyl (C=O) groups is 1. The Bertz CT molecular complexity index is 839. The second kappa shape index (κ2) is 8.45. The average Bonchev–Trinajstić information content (AvgIpc) is 3.07. The lowest BCUT2D eigenvalue weighted by Crippen LogP contribution is -2.33. The van der Waals surface area contributed by atoms with Gasteiger partial charge < -0.3 is 4.74 Å². The summed E-state index contributed by atoms with van der Waals surface area (Å²) in [6.07, 6.45) is 2.46. The van der Waals surface area contributed by atoms with Crippen molar-refractivity contribution < 1.29 is 14.5 Å². The maximum absolute atomic E-state index is 12.6. The van der Waals surface area contributed by atoms with Gasteiger partial charge >= 0.3 is 0 Å². The molecule has 2 heterocycles. The van der Waals surface area contributed by atoms with Gasteiger partial charge in [0.2, 0.25) is 0 Å². The lowest BCUT2D eigenvalue weighted by Gasteiger charge is -2.30. The van der Waals surface area contributed by atoms with Crippen molar-refractivity contribution in [3.05, 3.63) is 45.0 Å². The second-order valence-corrected chi connectivity index (χ2v) is 7.58. The summed E-state index contributed by atoms with van der Waals surface area (Å²) in [5.74, 6) is 0.484. The van der Waals surface area contributed by atoms with Gasteiger partial charge in [0.1, 0.15) is 5.75 Å². The number of piperidine rings is 1. The van der Waals surface area contributed by atoms with Crippen LogP contribution in [0.2, 0.25) is 0 Å². The van der Waals surface area contributed by atoms with E-state index in [1.807, 2.05) is 5.38 Å². The Hall–Kier alpha value is -2.52. The number of hydrogen-bond acceptors (Lipinski definition) is 7. The first-order valence-corrected chi connectivity index (χ1v) is 9.64. The van der Waals surface area contributed by atoms with E-state index in [0.29, 0.717) is 11.0 Å². The smallest absolute Gasteiger partial charge is 0.270 e. The Morgan fingerprint density at radius 3 is 3.04 bits per heavy atom. The van der Waals surface area contributed by atoms with Gasteiger partial charge in [-0.3, -0.25) is 25.1 Å². The second-order valence-electron chi connectivity index (χ2n) is 6.72. The minimum Gasteiger partial charge on any atom is -0.496 e. The molecular weight excluding hydrogens is 368 g/mol. The number of nitrogens with one attached hydrogen (secondary N) is 1. The standard InChI is InChI=1S/C18H22N4O4S/c1-12-4-3-7-21(9-12)10-13-11-27-18(19-13)20-17(23)15-8-14(22(24)25)5-6-16(15)26-2/h5-6,8,11-12H,3-4,7,9-10H2,1-2H3,(H,19,20,23). The molecule has 0 radical (unpaired) electrons. The maximum atomic E-state index is 12.6. The molecule has 1 aromatic heterocycles. The lowest BCUT2D eigenvalue weighted by atomic mass is 10.0. The molecule has 8 nitrogen and oxygen atoms in total. The number of hydrogen-bond donors (Lipinski definition) is 1. The van der Waals surface area contributed by atoms with Gasteiger partial charge in [0.25, 0.3) is 11.6 Å². The quantitative estimate of drug-likeness (QED) is 0.598. The van der Waals surface area contributed by atoms with Crippen LogP contribution in [-0.2, 0) is 6.54 Å². The molecule has 1 atom stereocenters. The number of rotatable bonds is 6. The normalized spacial score (nSPS) is 17.5. The third-order valence-electron chi connectivity index (χ3n) is 4.54. The van der Waals surface area contributed by atoms with E-state index >= 15 is 0 Å². The molecule has 1 amide bonds. The van der Waals surface area contributed by atoms with Crippen LogP contribution in [0.4, 0.5) is 10.8 Å². The highest BCUT2D eigenvalue weighted by atomic mass is 32.1. The minimum atomic E-state index is -0.544. The number of ether oxygens (including phenoxy) is 1. The van der Waals surface area contributed by atoms with Gasteiger partial charge in [-0.2, -0.15) is 0 Å². The first-order chi connectivity index (χ1) is 13.0. The first-order valence-electron chi connectivity index (χ1n) is 8.77. The molecule has 9 heteroatoms. The first kappa shape index (κ1) is 19.2. The fourth-order valence-electron chi connectivity index (χ4n) is 3.25. The van der Waals surface area contributed by atoms with Gasteiger partial charge in [0, 0.05) is 30.6 Å². The van der Waals surface area contributed by atoms with E-state index in [0.717, 1.165) is 25.3 Å². The molecule has 0 aliphatic carbocycles. The summed E-state index contributed by atoms with van der Waals surface area (Å²) in [7, 11) is 1.42. The van der Waals surface area contributed by atoms with Crippen molar-refractivity contribution >= 4 is 28.1 Å². The molecule has 1 aromatic carbocycles. The zero-order chi connectivity index (χ0) is 19.4. The fraction of sp³-hybridized carbons (Fsp3) is 0.444. The van der Waals surface area contributed by atoms with Crippen LogP contribution in [0.3, 0.4) is 0 Å². The fourth-order valence-corrected chi connectivity index (χ4v) is 3.94. The minimum absolute atomic E-state index is 0.105. The van der Waals surface area contributed by atoms with E-state index in [1.54, 1.807) is 0 Å². The van der Waals surface area contributed by atoms with Gasteiger partial charge in [0.05, 0.1) is 23.3 Å². The van der Waals surface area contributed by atoms with Gasteiger partial charge in [-0.1, -0.05) is 6.92 Å². The summed E-state index contributed by atoms with van der Waals surface area (Å²) in [5, 5.41) is 16.1. The van der Waals surface area contributed by atoms with Crippen molar-refractivity contribution in [2.24, 2.45) is 5.92 Å². The summed E-state index contributed by atoms with van der Waals surface area (Å²) < 4.78 is 5.15. The maximum Gasteiger partial charge on any atom is 0.270 e. The Balaban J connectivity index is 1.69. The monoisotopic (exact) mass is 390 g/mol. The number of anilines is 1. The number of nitro benzene ring substituents is 1. The Labute approximate surface area is 161 Å². The molecule has 1 saturated heterocycles. The summed E-state index contributed by atoms with van der Waals surface area (Å²) >= 11 is 1.34. The van der Waals surface area contributed by atoms with E-state index in [2.05, 4.69) is 22.1 Å². The van der Waals surface area contributed by atoms with Gasteiger partial charge in [-0.05, 0) is 31.4 Å². The number of nitro groups is 1. The van der Waals surface area contributed by atoms with Crippen LogP contribution in [0, 0.1) is 16.0 Å². The molecule has 1 aliphatic rings. The van der Waals surface area contributed by atoms with Crippen molar-refractivity contribution in [3.8, 4) is 5.75 Å². The summed E-state index contributed by atoms with van der Waals surface area (Å²) in [5.41, 5.74) is 0.851. The van der Waals surface area contributed by atoms with Gasteiger partial charge in [-0.15, -0.1) is 11.3 Å². The molecule has 1 N–H and O–H groups in total. The molecule has 0 saturated carbocycles. The zero-order valence-electron chi connectivity index (χ0n) is 15.3. The topological polar surface area (TPSA) is 97.6 Å². The van der Waals surface area contributed by atoms with Gasteiger partial charge in [0.15, 0.2) is 5.13 Å². The number of aromatic nitrogens is 1. The third-order valence-corrected chi connectivity index (χ3v) is 5.34. The van der Waals surface area contributed by atoms with Crippen LogP contribution >= 0.6 is 11.3 Å². The van der Waals surface area contributed by atoms with Crippen LogP contribution in [0.15, 0.2) is 23.6 Å². The van der Waals surface area contributed by atoms with Crippen LogP contribution < -0.4 is 10.1 Å². The van der Waals surface area contributed by atoms with Crippen LogP contribution in [0.25, 0.3) is 0 Å². The number of non-ortho nitro benzene ring substituents is 1. The highest BCUT2D eigenvalue weighted by molar-refractivity contribution is 7.14. The highest BCUT2D eigenvalue weighted by Gasteiger charge is 2.20. The van der Waals surface area contributed by atoms with E-state index in [4.69, 9.17) is 4.74 Å². The largest absolute Gasteiger partial charge is 0.496 e. The Kier molecular flexibility index (Phi) is 6.02. The van der Waals surface area contributed by atoms with Crippen molar-refractivity contribution in [2.45, 2.75) is 26.3 Å². The SMILES string of the molecule is COc1ccc([N+](=O)[O-])cc1C(=O)Nc1nc(CN2CCCC(C)C2)cs1. The predicted molar refractivity (Wildman–Crippen MR) is 103 cm³/mol. The number of likely N-dealkylation sites (tertiary alicyclic amines) is 1. The van der Waals surface area contributed by atoms with Crippen molar-refractivity contribution in [1.82, 2.24) is 9.88 Å². The van der Waals surface area contributed by atoms with Gasteiger partial charge in [-0.25, -0.2) is 4.98 Å². The highest BCUT2D eigenvalue weighted by Crippen LogP contribution is 2.26. The van der Waals surface area contributed by atoms with E-state index in [1.165, 1.54) is 49.5 Å². The number of methoxy groups -OCH3 is 1. The Morgan fingerprint density at radius 1 is 1.52 bits per heavy atom. The third kappa shape index (κ3) is 4.81. The number of amides is 1. The van der Waals surface area contributed by atoms with Crippen molar-refractivity contribution in [3.63, 3.8) is 0 Å². The molecule has 1 fully saturated rings. The molecule has 0 spiro atoms. The van der Waals surface area contributed by atoms with E-state index in [-0.39, 0.29) is 17.0 Å². The molecule has 3 rings (SSSR count). The molecule has 1 unspecified atom stereocenters. The zero-order valence-corrected chi connectivity index (χ0v) is 16.1. The number of carbonyl (C=O) groups excluding carboxylic acids is 1. The van der Waals surface area contributed by atoms with Crippen LogP contribution in [0.5, 0.6) is 5.75 Å². The Morgan fingerprint density at radius 2 is 2.33 bits per heavy atom. The average molecular weight is 390 g/mol. The number of nitrogens with zero attached hydrogens (tertiary/aromatic N) is 3. The van der Waals surface area contributed by atoms with Crippen LogP contribution in [-0.4, -0.2) is 40.9 Å².